The molecule has 0 fully saturated rings. The number of hydrogen-bond donors (Lipinski definition) is 2. The van der Waals surface area contributed by atoms with Gasteiger partial charge in [0.25, 0.3) is 0 Å². The number of fused-ring (bicyclic) bond motifs is 1. The third kappa shape index (κ3) is 8.83. The fourth-order valence-electron chi connectivity index (χ4n) is 4.65. The predicted molar refractivity (Wildman–Crippen MR) is 164 cm³/mol. The van der Waals surface area contributed by atoms with Gasteiger partial charge < -0.3 is 34.4 Å². The highest BCUT2D eigenvalue weighted by molar-refractivity contribution is 5.93. The van der Waals surface area contributed by atoms with Gasteiger partial charge in [-0.25, -0.2) is 4.79 Å². The van der Waals surface area contributed by atoms with E-state index in [0.717, 1.165) is 44.3 Å². The van der Waals surface area contributed by atoms with Crippen LogP contribution in [0, 0.1) is 0 Å². The van der Waals surface area contributed by atoms with Gasteiger partial charge in [-0.15, -0.1) is 0 Å². The molecule has 4 aromatic rings. The molecule has 228 valence electrons. The Morgan fingerprint density at radius 1 is 0.953 bits per heavy atom. The summed E-state index contributed by atoms with van der Waals surface area (Å²) >= 11 is 0. The fourth-order valence-corrected chi connectivity index (χ4v) is 4.65. The van der Waals surface area contributed by atoms with Crippen LogP contribution in [-0.2, 0) is 51.7 Å². The van der Waals surface area contributed by atoms with Gasteiger partial charge in [0.1, 0.15) is 35.9 Å². The lowest BCUT2D eigenvalue weighted by Gasteiger charge is -2.19. The minimum Gasteiger partial charge on any atom is -0.489 e. The molecule has 0 aliphatic rings. The summed E-state index contributed by atoms with van der Waals surface area (Å²) in [6.45, 7) is 8.81. The van der Waals surface area contributed by atoms with Crippen molar-refractivity contribution in [1.29, 1.82) is 0 Å². The quantitative estimate of drug-likeness (QED) is 0.182. The number of esters is 1. The average Bonchev–Trinajstić information content (AvgIpc) is 3.37. The summed E-state index contributed by atoms with van der Waals surface area (Å²) in [6, 6.07) is 19.5. The van der Waals surface area contributed by atoms with E-state index >= 15 is 0 Å². The molecule has 0 spiro atoms. The number of ether oxygens (including phenoxy) is 4. The highest BCUT2D eigenvalue weighted by atomic mass is 16.6. The van der Waals surface area contributed by atoms with E-state index in [1.807, 2.05) is 81.4 Å². The standard InChI is InChI=1S/C34H40N2O7/c1-6-40-31(37)17-26-11-10-22(18-35)15-30(26)41-20-24-13-27-16-28(21-39-5)42-32(27)29(14-24)25-9-7-8-23(12-25)19-36-33(38)43-34(2,3)4/h7-16H,6,17-21,35H2,1-5H3,(H,36,38). The van der Waals surface area contributed by atoms with Crippen LogP contribution in [0.15, 0.2) is 65.1 Å². The van der Waals surface area contributed by atoms with E-state index in [9.17, 15) is 9.59 Å². The van der Waals surface area contributed by atoms with Crippen LogP contribution >= 0.6 is 0 Å². The Kier molecular flexibility index (Phi) is 10.4. The summed E-state index contributed by atoms with van der Waals surface area (Å²) in [4.78, 5) is 24.4. The Morgan fingerprint density at radius 3 is 2.49 bits per heavy atom. The monoisotopic (exact) mass is 588 g/mol. The molecule has 4 rings (SSSR count). The normalized spacial score (nSPS) is 11.4. The van der Waals surface area contributed by atoms with Crippen LogP contribution in [0.4, 0.5) is 4.79 Å². The van der Waals surface area contributed by atoms with Crippen molar-refractivity contribution in [2.45, 2.75) is 66.0 Å². The molecule has 0 atom stereocenters. The van der Waals surface area contributed by atoms with E-state index in [4.69, 9.17) is 29.1 Å². The van der Waals surface area contributed by atoms with Crippen molar-refractivity contribution in [2.24, 2.45) is 5.73 Å². The summed E-state index contributed by atoms with van der Waals surface area (Å²) in [5.74, 6) is 0.966. The van der Waals surface area contributed by atoms with Gasteiger partial charge in [-0.1, -0.05) is 30.3 Å². The van der Waals surface area contributed by atoms with Crippen molar-refractivity contribution in [2.75, 3.05) is 13.7 Å². The lowest BCUT2D eigenvalue weighted by molar-refractivity contribution is -0.142. The Balaban J connectivity index is 1.64. The number of nitrogens with one attached hydrogen (secondary N) is 1. The van der Waals surface area contributed by atoms with Crippen LogP contribution in [0.25, 0.3) is 22.1 Å². The van der Waals surface area contributed by atoms with E-state index < -0.39 is 11.7 Å². The predicted octanol–water partition coefficient (Wildman–Crippen LogP) is 6.41. The van der Waals surface area contributed by atoms with Gasteiger partial charge in [0.2, 0.25) is 0 Å². The summed E-state index contributed by atoms with van der Waals surface area (Å²) < 4.78 is 28.3. The maximum absolute atomic E-state index is 12.2. The van der Waals surface area contributed by atoms with Crippen LogP contribution in [-0.4, -0.2) is 31.4 Å². The van der Waals surface area contributed by atoms with Crippen molar-refractivity contribution in [3.8, 4) is 16.9 Å². The second-order valence-corrected chi connectivity index (χ2v) is 11.2. The number of benzene rings is 3. The molecule has 1 heterocycles. The number of carbonyl (C=O) groups is 2. The number of furan rings is 1. The molecule has 9 heteroatoms. The van der Waals surface area contributed by atoms with Gasteiger partial charge >= 0.3 is 12.1 Å². The van der Waals surface area contributed by atoms with Gasteiger partial charge in [0, 0.05) is 36.7 Å². The van der Waals surface area contributed by atoms with Crippen LogP contribution < -0.4 is 15.8 Å². The fraction of sp³-hybridized carbons (Fsp3) is 0.353. The van der Waals surface area contributed by atoms with Crippen molar-refractivity contribution >= 4 is 23.0 Å². The number of alkyl carbamates (subject to hydrolysis) is 1. The van der Waals surface area contributed by atoms with Crippen LogP contribution in [0.2, 0.25) is 0 Å². The molecule has 0 radical (unpaired) electrons. The first kappa shape index (κ1) is 31.6. The van der Waals surface area contributed by atoms with Gasteiger partial charge in [-0.2, -0.15) is 0 Å². The third-order valence-electron chi connectivity index (χ3n) is 6.49. The van der Waals surface area contributed by atoms with Gasteiger partial charge in [0.05, 0.1) is 13.0 Å². The van der Waals surface area contributed by atoms with Crippen molar-refractivity contribution in [3.63, 3.8) is 0 Å². The number of methoxy groups -OCH3 is 1. The number of carbonyl (C=O) groups excluding carboxylic acids is 2. The first-order valence-electron chi connectivity index (χ1n) is 14.3. The Bertz CT molecular complexity index is 1570. The summed E-state index contributed by atoms with van der Waals surface area (Å²) in [5.41, 5.74) is 11.3. The number of rotatable bonds is 12. The summed E-state index contributed by atoms with van der Waals surface area (Å²) in [7, 11) is 1.62. The molecule has 3 N–H and O–H groups in total. The average molecular weight is 589 g/mol. The number of nitrogens with two attached hydrogens (primary N) is 1. The van der Waals surface area contributed by atoms with Crippen molar-refractivity contribution < 1.29 is 33.0 Å². The molecule has 0 bridgehead atoms. The van der Waals surface area contributed by atoms with Crippen LogP contribution in [0.1, 0.15) is 55.7 Å². The summed E-state index contributed by atoms with van der Waals surface area (Å²) in [5, 5.41) is 3.72. The highest BCUT2D eigenvalue weighted by Crippen LogP contribution is 2.34. The second kappa shape index (κ2) is 14.2. The Hall–Kier alpha value is -4.34. The zero-order valence-corrected chi connectivity index (χ0v) is 25.5. The molecular weight excluding hydrogens is 548 g/mol. The molecular formula is C34H40N2O7. The number of hydrogen-bond acceptors (Lipinski definition) is 8. The van der Waals surface area contributed by atoms with E-state index in [2.05, 4.69) is 5.32 Å². The molecule has 1 amide bonds. The van der Waals surface area contributed by atoms with Crippen molar-refractivity contribution in [3.05, 3.63) is 88.7 Å². The molecule has 1 aromatic heterocycles. The molecule has 0 aliphatic carbocycles. The van der Waals surface area contributed by atoms with E-state index in [0.29, 0.717) is 37.8 Å². The SMILES string of the molecule is CCOC(=O)Cc1ccc(CN)cc1OCc1cc(-c2cccc(CNC(=O)OC(C)(C)C)c2)c2oc(COC)cc2c1. The van der Waals surface area contributed by atoms with E-state index in [1.54, 1.807) is 14.0 Å². The lowest BCUT2D eigenvalue weighted by Crippen LogP contribution is -2.32. The highest BCUT2D eigenvalue weighted by Gasteiger charge is 2.17. The molecule has 0 unspecified atom stereocenters. The minimum atomic E-state index is -0.579. The summed E-state index contributed by atoms with van der Waals surface area (Å²) in [6.07, 6.45) is -0.374. The molecule has 0 saturated heterocycles. The lowest BCUT2D eigenvalue weighted by atomic mass is 9.99. The zero-order valence-electron chi connectivity index (χ0n) is 25.5. The topological polar surface area (TPSA) is 122 Å². The maximum atomic E-state index is 12.2. The van der Waals surface area contributed by atoms with Crippen LogP contribution in [0.5, 0.6) is 5.75 Å². The molecule has 9 nitrogen and oxygen atoms in total. The molecule has 0 aliphatic heterocycles. The molecule has 0 saturated carbocycles. The van der Waals surface area contributed by atoms with Gasteiger partial charge in [-0.05, 0) is 80.3 Å². The molecule has 3 aromatic carbocycles. The van der Waals surface area contributed by atoms with E-state index in [-0.39, 0.29) is 19.0 Å². The number of amides is 1. The van der Waals surface area contributed by atoms with Crippen LogP contribution in [0.3, 0.4) is 0 Å². The first-order valence-corrected chi connectivity index (χ1v) is 14.3. The third-order valence-corrected chi connectivity index (χ3v) is 6.49. The Morgan fingerprint density at radius 2 is 1.77 bits per heavy atom. The maximum Gasteiger partial charge on any atom is 0.407 e. The van der Waals surface area contributed by atoms with Gasteiger partial charge in [-0.3, -0.25) is 4.79 Å². The first-order chi connectivity index (χ1) is 20.6. The van der Waals surface area contributed by atoms with Crippen molar-refractivity contribution in [1.82, 2.24) is 5.32 Å². The minimum absolute atomic E-state index is 0.102. The molecule has 43 heavy (non-hydrogen) atoms. The largest absolute Gasteiger partial charge is 0.489 e. The van der Waals surface area contributed by atoms with E-state index in [1.165, 1.54) is 0 Å². The second-order valence-electron chi connectivity index (χ2n) is 11.2. The smallest absolute Gasteiger partial charge is 0.407 e. The Labute approximate surface area is 252 Å². The van der Waals surface area contributed by atoms with Gasteiger partial charge in [0.15, 0.2) is 0 Å². The zero-order chi connectivity index (χ0) is 31.0.